The third-order valence-electron chi connectivity index (χ3n) is 3.62. The summed E-state index contributed by atoms with van der Waals surface area (Å²) in [7, 11) is 3.32. The summed E-state index contributed by atoms with van der Waals surface area (Å²) in [5.41, 5.74) is 0.402. The van der Waals surface area contributed by atoms with Crippen LogP contribution < -0.4 is 5.32 Å². The molecule has 1 aromatic rings. The molecule has 1 heterocycles. The number of hydrogen-bond donors (Lipinski definition) is 1. The smallest absolute Gasteiger partial charge is 0.239 e. The van der Waals surface area contributed by atoms with Crippen LogP contribution in [0.15, 0.2) is 12.1 Å². The van der Waals surface area contributed by atoms with E-state index in [1.165, 1.54) is 4.90 Å². The van der Waals surface area contributed by atoms with E-state index in [2.05, 4.69) is 5.32 Å². The van der Waals surface area contributed by atoms with Gasteiger partial charge in [0.25, 0.3) is 0 Å². The third-order valence-corrected chi connectivity index (χ3v) is 3.62. The molecule has 2 unspecified atom stereocenters. The van der Waals surface area contributed by atoms with E-state index in [0.29, 0.717) is 24.9 Å². The van der Waals surface area contributed by atoms with E-state index in [1.807, 2.05) is 0 Å². The van der Waals surface area contributed by atoms with Crippen molar-refractivity contribution < 1.29 is 18.0 Å². The normalized spacial score (nSPS) is 22.6. The molecule has 1 aromatic carbocycles. The van der Waals surface area contributed by atoms with Crippen molar-refractivity contribution in [2.75, 3.05) is 20.6 Å². The molecule has 0 radical (unpaired) electrons. The zero-order valence-electron chi connectivity index (χ0n) is 11.4. The standard InChI is InChI=1S/C14H17F3N2O/c1-19(2)14(20)12-7-8(3-4-18-12)9-5-10(15)13(17)11(16)6-9/h5-6,8,12,18H,3-4,7H2,1-2H3. The van der Waals surface area contributed by atoms with Crippen LogP contribution >= 0.6 is 0 Å². The number of carbonyl (C=O) groups excluding carboxylic acids is 1. The lowest BCUT2D eigenvalue weighted by atomic mass is 9.86. The van der Waals surface area contributed by atoms with Crippen LogP contribution in [-0.2, 0) is 4.79 Å². The zero-order chi connectivity index (χ0) is 14.9. The molecular weight excluding hydrogens is 269 g/mol. The predicted octanol–water partition coefficient (Wildman–Crippen LogP) is 2.03. The summed E-state index contributed by atoms with van der Waals surface area (Å²) in [4.78, 5) is 13.4. The van der Waals surface area contributed by atoms with Crippen molar-refractivity contribution in [3.63, 3.8) is 0 Å². The summed E-state index contributed by atoms with van der Waals surface area (Å²) in [6, 6.07) is 1.66. The number of halogens is 3. The molecule has 1 aliphatic rings. The van der Waals surface area contributed by atoms with Crippen LogP contribution in [0.25, 0.3) is 0 Å². The number of benzene rings is 1. The van der Waals surface area contributed by atoms with Gasteiger partial charge in [0.05, 0.1) is 6.04 Å². The Morgan fingerprint density at radius 2 is 1.85 bits per heavy atom. The van der Waals surface area contributed by atoms with Crippen LogP contribution in [0.5, 0.6) is 0 Å². The van der Waals surface area contributed by atoms with Crippen molar-refractivity contribution in [2.45, 2.75) is 24.8 Å². The SMILES string of the molecule is CN(C)C(=O)C1CC(c2cc(F)c(F)c(F)c2)CCN1. The fraction of sp³-hybridized carbons (Fsp3) is 0.500. The second-order valence-corrected chi connectivity index (χ2v) is 5.26. The summed E-state index contributed by atoms with van der Waals surface area (Å²) >= 11 is 0. The third kappa shape index (κ3) is 2.95. The average molecular weight is 286 g/mol. The number of likely N-dealkylation sites (N-methyl/N-ethyl adjacent to an activating group) is 1. The molecule has 0 aliphatic carbocycles. The van der Waals surface area contributed by atoms with Crippen molar-refractivity contribution >= 4 is 5.91 Å². The Bertz CT molecular complexity index is 496. The number of piperidine rings is 1. The van der Waals surface area contributed by atoms with Crippen LogP contribution in [-0.4, -0.2) is 37.5 Å². The molecule has 20 heavy (non-hydrogen) atoms. The van der Waals surface area contributed by atoms with Gasteiger partial charge in [0, 0.05) is 14.1 Å². The van der Waals surface area contributed by atoms with Crippen LogP contribution in [0.4, 0.5) is 13.2 Å². The van der Waals surface area contributed by atoms with Gasteiger partial charge in [-0.15, -0.1) is 0 Å². The predicted molar refractivity (Wildman–Crippen MR) is 68.8 cm³/mol. The van der Waals surface area contributed by atoms with Crippen LogP contribution in [0.1, 0.15) is 24.3 Å². The molecule has 0 bridgehead atoms. The highest BCUT2D eigenvalue weighted by Crippen LogP contribution is 2.30. The Morgan fingerprint density at radius 3 is 2.40 bits per heavy atom. The molecule has 1 saturated heterocycles. The molecule has 0 aromatic heterocycles. The number of hydrogen-bond acceptors (Lipinski definition) is 2. The summed E-state index contributed by atoms with van der Waals surface area (Å²) in [5.74, 6) is -4.06. The number of carbonyl (C=O) groups is 1. The first kappa shape index (κ1) is 14.8. The quantitative estimate of drug-likeness (QED) is 0.844. The molecule has 1 aliphatic heterocycles. The molecule has 0 saturated carbocycles. The fourth-order valence-electron chi connectivity index (χ4n) is 2.53. The molecule has 1 N–H and O–H groups in total. The lowest BCUT2D eigenvalue weighted by Crippen LogP contribution is -2.47. The Hall–Kier alpha value is -1.56. The van der Waals surface area contributed by atoms with Crippen LogP contribution in [0.2, 0.25) is 0 Å². The highest BCUT2D eigenvalue weighted by atomic mass is 19.2. The number of amides is 1. The van der Waals surface area contributed by atoms with Crippen molar-refractivity contribution in [1.29, 1.82) is 0 Å². The highest BCUT2D eigenvalue weighted by molar-refractivity contribution is 5.81. The Morgan fingerprint density at radius 1 is 1.25 bits per heavy atom. The van der Waals surface area contributed by atoms with Crippen LogP contribution in [0, 0.1) is 17.5 Å². The van der Waals surface area contributed by atoms with Gasteiger partial charge in [-0.1, -0.05) is 0 Å². The van der Waals surface area contributed by atoms with E-state index in [9.17, 15) is 18.0 Å². The summed E-state index contributed by atoms with van der Waals surface area (Å²) < 4.78 is 39.5. The van der Waals surface area contributed by atoms with E-state index in [-0.39, 0.29) is 17.9 Å². The average Bonchev–Trinajstić information content (AvgIpc) is 2.43. The second-order valence-electron chi connectivity index (χ2n) is 5.26. The van der Waals surface area contributed by atoms with Crippen molar-refractivity contribution in [2.24, 2.45) is 0 Å². The Kier molecular flexibility index (Phi) is 4.32. The number of nitrogens with one attached hydrogen (secondary N) is 1. The molecule has 2 atom stereocenters. The van der Waals surface area contributed by atoms with Gasteiger partial charge in [0.1, 0.15) is 0 Å². The van der Waals surface area contributed by atoms with E-state index >= 15 is 0 Å². The number of nitrogens with zero attached hydrogens (tertiary/aromatic N) is 1. The topological polar surface area (TPSA) is 32.3 Å². The number of rotatable bonds is 2. The first-order valence-electron chi connectivity index (χ1n) is 6.49. The summed E-state index contributed by atoms with van der Waals surface area (Å²) in [5, 5.41) is 3.09. The largest absolute Gasteiger partial charge is 0.347 e. The van der Waals surface area contributed by atoms with Gasteiger partial charge in [-0.2, -0.15) is 0 Å². The minimum absolute atomic E-state index is 0.0715. The maximum absolute atomic E-state index is 13.3. The first-order valence-corrected chi connectivity index (χ1v) is 6.49. The molecule has 3 nitrogen and oxygen atoms in total. The van der Waals surface area contributed by atoms with Gasteiger partial charge in [0.2, 0.25) is 5.91 Å². The lowest BCUT2D eigenvalue weighted by molar-refractivity contribution is -0.131. The van der Waals surface area contributed by atoms with Crippen molar-refractivity contribution in [1.82, 2.24) is 10.2 Å². The minimum atomic E-state index is -1.45. The monoisotopic (exact) mass is 286 g/mol. The van der Waals surface area contributed by atoms with E-state index in [0.717, 1.165) is 12.1 Å². The molecule has 110 valence electrons. The van der Waals surface area contributed by atoms with Gasteiger partial charge in [0.15, 0.2) is 17.5 Å². The molecule has 1 amide bonds. The summed E-state index contributed by atoms with van der Waals surface area (Å²) in [6.45, 7) is 0.579. The second kappa shape index (κ2) is 5.83. The van der Waals surface area contributed by atoms with Gasteiger partial charge < -0.3 is 10.2 Å². The Labute approximate surface area is 115 Å². The molecule has 0 spiro atoms. The fourth-order valence-corrected chi connectivity index (χ4v) is 2.53. The summed E-state index contributed by atoms with van der Waals surface area (Å²) in [6.07, 6.45) is 1.10. The van der Waals surface area contributed by atoms with Gasteiger partial charge in [-0.05, 0) is 43.0 Å². The molecule has 2 rings (SSSR count). The van der Waals surface area contributed by atoms with Gasteiger partial charge in [-0.3, -0.25) is 4.79 Å². The van der Waals surface area contributed by atoms with Gasteiger partial charge in [-0.25, -0.2) is 13.2 Å². The molecule has 1 fully saturated rings. The van der Waals surface area contributed by atoms with E-state index in [4.69, 9.17) is 0 Å². The van der Waals surface area contributed by atoms with Crippen molar-refractivity contribution in [3.8, 4) is 0 Å². The molecular formula is C14H17F3N2O. The van der Waals surface area contributed by atoms with E-state index in [1.54, 1.807) is 14.1 Å². The molecule has 6 heteroatoms. The van der Waals surface area contributed by atoms with Crippen molar-refractivity contribution in [3.05, 3.63) is 35.1 Å². The van der Waals surface area contributed by atoms with Gasteiger partial charge >= 0.3 is 0 Å². The van der Waals surface area contributed by atoms with E-state index < -0.39 is 17.5 Å². The maximum Gasteiger partial charge on any atom is 0.239 e. The first-order chi connectivity index (χ1) is 9.40. The Balaban J connectivity index is 2.19. The maximum atomic E-state index is 13.3. The highest BCUT2D eigenvalue weighted by Gasteiger charge is 2.29. The zero-order valence-corrected chi connectivity index (χ0v) is 11.4. The lowest BCUT2D eigenvalue weighted by Gasteiger charge is -2.31. The van der Waals surface area contributed by atoms with Crippen LogP contribution in [0.3, 0.4) is 0 Å². The minimum Gasteiger partial charge on any atom is -0.347 e.